The lowest BCUT2D eigenvalue weighted by molar-refractivity contribution is -0.123. The van der Waals surface area contributed by atoms with Crippen LogP contribution < -0.4 is 10.2 Å². The number of hydrogen-bond donors (Lipinski definition) is 1. The predicted octanol–water partition coefficient (Wildman–Crippen LogP) is 3.63. The first-order valence-electron chi connectivity index (χ1n) is 9.20. The number of hydrogen-bond acceptors (Lipinski definition) is 3. The standard InChI is InChI=1S/C21H26N4O/c1-3-24(18-10-5-4-6-11-18)15-9-14-22-21(26)17(2)25-16-23-19-12-7-8-13-20(19)25/h4-8,10-13,16-17H,3,9,14-15H2,1-2H3,(H,22,26). The van der Waals surface area contributed by atoms with Crippen LogP contribution in [-0.4, -0.2) is 35.1 Å². The van der Waals surface area contributed by atoms with Crippen molar-refractivity contribution in [2.75, 3.05) is 24.5 Å². The minimum atomic E-state index is -0.279. The fraction of sp³-hybridized carbons (Fsp3) is 0.333. The first-order valence-corrected chi connectivity index (χ1v) is 9.20. The van der Waals surface area contributed by atoms with Gasteiger partial charge in [0.25, 0.3) is 0 Å². The van der Waals surface area contributed by atoms with E-state index in [9.17, 15) is 4.79 Å². The van der Waals surface area contributed by atoms with Crippen molar-refractivity contribution in [2.45, 2.75) is 26.3 Å². The van der Waals surface area contributed by atoms with E-state index in [-0.39, 0.29) is 11.9 Å². The number of fused-ring (bicyclic) bond motifs is 1. The molecule has 1 aromatic heterocycles. The summed E-state index contributed by atoms with van der Waals surface area (Å²) in [6.45, 7) is 6.60. The summed E-state index contributed by atoms with van der Waals surface area (Å²) >= 11 is 0. The summed E-state index contributed by atoms with van der Waals surface area (Å²) in [4.78, 5) is 19.2. The maximum Gasteiger partial charge on any atom is 0.242 e. The van der Waals surface area contributed by atoms with Crippen molar-refractivity contribution in [3.63, 3.8) is 0 Å². The normalized spacial score (nSPS) is 12.1. The molecule has 0 aliphatic heterocycles. The second-order valence-corrected chi connectivity index (χ2v) is 6.38. The molecule has 0 saturated heterocycles. The van der Waals surface area contributed by atoms with Gasteiger partial charge in [0, 0.05) is 25.3 Å². The van der Waals surface area contributed by atoms with Gasteiger partial charge in [-0.3, -0.25) is 4.79 Å². The van der Waals surface area contributed by atoms with Gasteiger partial charge in [-0.05, 0) is 44.5 Å². The van der Waals surface area contributed by atoms with Crippen molar-refractivity contribution in [1.29, 1.82) is 0 Å². The molecule has 1 atom stereocenters. The maximum absolute atomic E-state index is 12.5. The summed E-state index contributed by atoms with van der Waals surface area (Å²) in [7, 11) is 0. The van der Waals surface area contributed by atoms with Gasteiger partial charge < -0.3 is 14.8 Å². The number of benzene rings is 2. The lowest BCUT2D eigenvalue weighted by Gasteiger charge is -2.23. The number of anilines is 1. The van der Waals surface area contributed by atoms with Crippen molar-refractivity contribution in [3.8, 4) is 0 Å². The van der Waals surface area contributed by atoms with Crippen LogP contribution in [0.2, 0.25) is 0 Å². The number of para-hydroxylation sites is 3. The molecule has 5 nitrogen and oxygen atoms in total. The lowest BCUT2D eigenvalue weighted by Crippen LogP contribution is -2.33. The molecule has 26 heavy (non-hydrogen) atoms. The molecule has 1 heterocycles. The van der Waals surface area contributed by atoms with E-state index in [2.05, 4.69) is 46.4 Å². The van der Waals surface area contributed by atoms with E-state index in [0.717, 1.165) is 30.5 Å². The van der Waals surface area contributed by atoms with Crippen LogP contribution in [0.3, 0.4) is 0 Å². The van der Waals surface area contributed by atoms with Gasteiger partial charge in [-0.1, -0.05) is 30.3 Å². The number of aromatic nitrogens is 2. The highest BCUT2D eigenvalue weighted by Gasteiger charge is 2.16. The van der Waals surface area contributed by atoms with Gasteiger partial charge in [0.15, 0.2) is 0 Å². The van der Waals surface area contributed by atoms with Crippen molar-refractivity contribution >= 4 is 22.6 Å². The monoisotopic (exact) mass is 350 g/mol. The van der Waals surface area contributed by atoms with E-state index in [4.69, 9.17) is 0 Å². The summed E-state index contributed by atoms with van der Waals surface area (Å²) in [6.07, 6.45) is 2.65. The number of nitrogens with zero attached hydrogens (tertiary/aromatic N) is 3. The molecule has 0 saturated carbocycles. The number of carbonyl (C=O) groups is 1. The fourth-order valence-electron chi connectivity index (χ4n) is 3.15. The van der Waals surface area contributed by atoms with Gasteiger partial charge in [0.1, 0.15) is 6.04 Å². The Morgan fingerprint density at radius 3 is 2.65 bits per heavy atom. The van der Waals surface area contributed by atoms with Crippen LogP contribution >= 0.6 is 0 Å². The average Bonchev–Trinajstić information content (AvgIpc) is 3.12. The van der Waals surface area contributed by atoms with E-state index in [1.54, 1.807) is 6.33 Å². The van der Waals surface area contributed by atoms with Crippen LogP contribution in [0.15, 0.2) is 60.9 Å². The van der Waals surface area contributed by atoms with Crippen molar-refractivity contribution < 1.29 is 4.79 Å². The predicted molar refractivity (Wildman–Crippen MR) is 106 cm³/mol. The van der Waals surface area contributed by atoms with Gasteiger partial charge in [-0.25, -0.2) is 4.98 Å². The second-order valence-electron chi connectivity index (χ2n) is 6.38. The van der Waals surface area contributed by atoms with Crippen molar-refractivity contribution in [2.24, 2.45) is 0 Å². The SMILES string of the molecule is CCN(CCCNC(=O)C(C)n1cnc2ccccc21)c1ccccc1. The van der Waals surface area contributed by atoms with E-state index in [1.165, 1.54) is 5.69 Å². The first kappa shape index (κ1) is 18.0. The minimum absolute atomic E-state index is 0.0240. The number of nitrogens with one attached hydrogen (secondary N) is 1. The number of rotatable bonds is 8. The Kier molecular flexibility index (Phi) is 5.89. The molecule has 2 aromatic carbocycles. The summed E-state index contributed by atoms with van der Waals surface area (Å²) in [6, 6.07) is 18.0. The van der Waals surface area contributed by atoms with Gasteiger partial charge in [-0.15, -0.1) is 0 Å². The molecule has 0 fully saturated rings. The topological polar surface area (TPSA) is 50.2 Å². The highest BCUT2D eigenvalue weighted by Crippen LogP contribution is 2.17. The van der Waals surface area contributed by atoms with Crippen LogP contribution in [-0.2, 0) is 4.79 Å². The van der Waals surface area contributed by atoms with Crippen LogP contribution in [0.5, 0.6) is 0 Å². The van der Waals surface area contributed by atoms with Crippen LogP contribution in [0.1, 0.15) is 26.3 Å². The van der Waals surface area contributed by atoms with Gasteiger partial charge in [0.05, 0.1) is 17.4 Å². The Labute approximate surface area is 154 Å². The van der Waals surface area contributed by atoms with Crippen LogP contribution in [0.25, 0.3) is 11.0 Å². The first-order chi connectivity index (χ1) is 12.7. The molecular weight excluding hydrogens is 324 g/mol. The molecule has 0 spiro atoms. The third-order valence-electron chi connectivity index (χ3n) is 4.68. The molecule has 5 heteroatoms. The number of imidazole rings is 1. The Balaban J connectivity index is 1.51. The molecule has 1 N–H and O–H groups in total. The van der Waals surface area contributed by atoms with Crippen molar-refractivity contribution in [3.05, 3.63) is 60.9 Å². The molecule has 0 aliphatic carbocycles. The molecule has 3 rings (SSSR count). The zero-order valence-electron chi connectivity index (χ0n) is 15.4. The van der Waals surface area contributed by atoms with E-state index in [0.29, 0.717) is 6.54 Å². The third-order valence-corrected chi connectivity index (χ3v) is 4.68. The quantitative estimate of drug-likeness (QED) is 0.631. The molecule has 3 aromatic rings. The Bertz CT molecular complexity index is 843. The molecule has 0 bridgehead atoms. The van der Waals surface area contributed by atoms with Gasteiger partial charge in [0.2, 0.25) is 5.91 Å². The zero-order valence-corrected chi connectivity index (χ0v) is 15.4. The highest BCUT2D eigenvalue weighted by molar-refractivity contribution is 5.83. The summed E-state index contributed by atoms with van der Waals surface area (Å²) in [5.41, 5.74) is 3.12. The molecule has 0 radical (unpaired) electrons. The van der Waals surface area contributed by atoms with E-state index < -0.39 is 0 Å². The number of amides is 1. The molecular formula is C21H26N4O. The Morgan fingerprint density at radius 2 is 1.88 bits per heavy atom. The molecule has 136 valence electrons. The minimum Gasteiger partial charge on any atom is -0.372 e. The fourth-order valence-corrected chi connectivity index (χ4v) is 3.15. The van der Waals surface area contributed by atoms with E-state index in [1.807, 2.05) is 41.8 Å². The summed E-state index contributed by atoms with van der Waals surface area (Å²) in [5.74, 6) is 0.0240. The van der Waals surface area contributed by atoms with Gasteiger partial charge in [-0.2, -0.15) is 0 Å². The Hall–Kier alpha value is -2.82. The summed E-state index contributed by atoms with van der Waals surface area (Å²) in [5, 5.41) is 3.05. The molecule has 1 amide bonds. The van der Waals surface area contributed by atoms with Crippen LogP contribution in [0, 0.1) is 0 Å². The Morgan fingerprint density at radius 1 is 1.15 bits per heavy atom. The van der Waals surface area contributed by atoms with Crippen LogP contribution in [0.4, 0.5) is 5.69 Å². The lowest BCUT2D eigenvalue weighted by atomic mass is 10.2. The largest absolute Gasteiger partial charge is 0.372 e. The number of carbonyl (C=O) groups excluding carboxylic acids is 1. The molecule has 0 aliphatic rings. The summed E-state index contributed by atoms with van der Waals surface area (Å²) < 4.78 is 1.92. The maximum atomic E-state index is 12.5. The van der Waals surface area contributed by atoms with E-state index >= 15 is 0 Å². The van der Waals surface area contributed by atoms with Crippen molar-refractivity contribution in [1.82, 2.24) is 14.9 Å². The third kappa shape index (κ3) is 4.04. The zero-order chi connectivity index (χ0) is 18.4. The second kappa shape index (κ2) is 8.52. The smallest absolute Gasteiger partial charge is 0.242 e. The molecule has 1 unspecified atom stereocenters. The van der Waals surface area contributed by atoms with Gasteiger partial charge >= 0.3 is 0 Å². The highest BCUT2D eigenvalue weighted by atomic mass is 16.2. The average molecular weight is 350 g/mol.